The summed E-state index contributed by atoms with van der Waals surface area (Å²) in [4.78, 5) is 36.4. The summed E-state index contributed by atoms with van der Waals surface area (Å²) in [6.07, 6.45) is 1.42. The Kier molecular flexibility index (Phi) is 8.93. The monoisotopic (exact) mass is 523 g/mol. The molecule has 0 radical (unpaired) electrons. The number of hydrazone groups is 1. The Balaban J connectivity index is 1.56. The van der Waals surface area contributed by atoms with Crippen molar-refractivity contribution in [3.8, 4) is 11.5 Å². The fraction of sp³-hybridized carbons (Fsp3) is 0.120. The van der Waals surface area contributed by atoms with Crippen LogP contribution in [0.15, 0.2) is 82.4 Å². The molecule has 2 N–H and O–H groups in total. The van der Waals surface area contributed by atoms with Crippen LogP contribution in [0.4, 0.5) is 0 Å². The Bertz CT molecular complexity index is 1200. The Morgan fingerprint density at radius 1 is 0.941 bits per heavy atom. The van der Waals surface area contributed by atoms with E-state index in [1.165, 1.54) is 6.21 Å². The molecule has 9 heteroatoms. The van der Waals surface area contributed by atoms with Crippen molar-refractivity contribution in [2.75, 3.05) is 13.2 Å². The van der Waals surface area contributed by atoms with E-state index in [1.807, 2.05) is 13.0 Å². The van der Waals surface area contributed by atoms with Crippen LogP contribution in [0.1, 0.15) is 33.2 Å². The number of benzene rings is 3. The van der Waals surface area contributed by atoms with E-state index in [2.05, 4.69) is 31.8 Å². The highest BCUT2D eigenvalue weighted by Crippen LogP contribution is 2.29. The minimum Gasteiger partial charge on any atom is -0.490 e. The van der Waals surface area contributed by atoms with Gasteiger partial charge in [0.2, 0.25) is 0 Å². The van der Waals surface area contributed by atoms with Gasteiger partial charge in [0.1, 0.15) is 0 Å². The second-order valence-corrected chi connectivity index (χ2v) is 7.80. The molecule has 3 rings (SSSR count). The first-order chi connectivity index (χ1) is 16.5. The molecule has 0 aliphatic heterocycles. The van der Waals surface area contributed by atoms with Gasteiger partial charge in [-0.2, -0.15) is 5.10 Å². The van der Waals surface area contributed by atoms with Gasteiger partial charge >= 0.3 is 5.97 Å². The van der Waals surface area contributed by atoms with Crippen molar-refractivity contribution in [3.63, 3.8) is 0 Å². The van der Waals surface area contributed by atoms with E-state index in [-0.39, 0.29) is 18.2 Å². The molecular weight excluding hydrogens is 502 g/mol. The molecule has 0 aliphatic carbocycles. The number of amides is 2. The summed E-state index contributed by atoms with van der Waals surface area (Å²) in [7, 11) is 0. The largest absolute Gasteiger partial charge is 0.490 e. The fourth-order valence-electron chi connectivity index (χ4n) is 2.80. The Morgan fingerprint density at radius 3 is 2.44 bits per heavy atom. The minimum atomic E-state index is -0.500. The third kappa shape index (κ3) is 7.28. The molecule has 8 nitrogen and oxygen atoms in total. The predicted molar refractivity (Wildman–Crippen MR) is 131 cm³/mol. The summed E-state index contributed by atoms with van der Waals surface area (Å²) in [6, 6.07) is 20.4. The number of nitrogens with zero attached hydrogens (tertiary/aromatic N) is 1. The molecule has 0 fully saturated rings. The van der Waals surface area contributed by atoms with Crippen molar-refractivity contribution in [2.45, 2.75) is 6.92 Å². The maximum absolute atomic E-state index is 12.3. The summed E-state index contributed by atoms with van der Waals surface area (Å²) < 4.78 is 11.8. The second-order valence-electron chi connectivity index (χ2n) is 6.88. The van der Waals surface area contributed by atoms with Crippen molar-refractivity contribution in [2.24, 2.45) is 5.10 Å². The van der Waals surface area contributed by atoms with Gasteiger partial charge in [-0.25, -0.2) is 10.2 Å². The molecule has 0 bridgehead atoms. The molecule has 0 saturated carbocycles. The van der Waals surface area contributed by atoms with E-state index in [1.54, 1.807) is 66.7 Å². The molecule has 0 aromatic heterocycles. The maximum Gasteiger partial charge on any atom is 0.343 e. The van der Waals surface area contributed by atoms with Crippen LogP contribution in [0.25, 0.3) is 0 Å². The van der Waals surface area contributed by atoms with Gasteiger partial charge in [0.05, 0.1) is 24.9 Å². The summed E-state index contributed by atoms with van der Waals surface area (Å²) in [5.41, 5.74) is 3.82. The van der Waals surface area contributed by atoms with Crippen LogP contribution in [0.3, 0.4) is 0 Å². The van der Waals surface area contributed by atoms with Crippen molar-refractivity contribution in [3.05, 3.63) is 94.0 Å². The fourth-order valence-corrected chi connectivity index (χ4v) is 3.20. The van der Waals surface area contributed by atoms with Crippen LogP contribution in [0, 0.1) is 0 Å². The van der Waals surface area contributed by atoms with E-state index in [0.29, 0.717) is 29.0 Å². The lowest BCUT2D eigenvalue weighted by Gasteiger charge is -2.11. The van der Waals surface area contributed by atoms with Crippen molar-refractivity contribution < 1.29 is 23.9 Å². The molecule has 3 aromatic carbocycles. The lowest BCUT2D eigenvalue weighted by molar-refractivity contribution is -0.120. The third-order valence-electron chi connectivity index (χ3n) is 4.38. The molecule has 0 saturated heterocycles. The van der Waals surface area contributed by atoms with Crippen LogP contribution in [-0.4, -0.2) is 37.1 Å². The number of carbonyl (C=O) groups is 3. The molecule has 0 spiro atoms. The van der Waals surface area contributed by atoms with Crippen LogP contribution < -0.4 is 20.2 Å². The zero-order chi connectivity index (χ0) is 24.3. The third-order valence-corrected chi connectivity index (χ3v) is 4.87. The highest BCUT2D eigenvalue weighted by molar-refractivity contribution is 9.10. The van der Waals surface area contributed by atoms with Crippen LogP contribution >= 0.6 is 15.9 Å². The lowest BCUT2D eigenvalue weighted by Crippen LogP contribution is -2.34. The quantitative estimate of drug-likeness (QED) is 0.191. The molecule has 0 unspecified atom stereocenters. The number of carbonyl (C=O) groups excluding carboxylic acids is 3. The zero-order valence-corrected chi connectivity index (χ0v) is 19.9. The normalized spacial score (nSPS) is 10.5. The van der Waals surface area contributed by atoms with Crippen molar-refractivity contribution >= 4 is 39.9 Å². The van der Waals surface area contributed by atoms with E-state index in [9.17, 15) is 14.4 Å². The number of ether oxygens (including phenoxy) is 2. The van der Waals surface area contributed by atoms with Gasteiger partial charge in [-0.3, -0.25) is 9.59 Å². The van der Waals surface area contributed by atoms with Crippen LogP contribution in [0.5, 0.6) is 11.5 Å². The molecule has 2 amide bonds. The van der Waals surface area contributed by atoms with Gasteiger partial charge in [-0.1, -0.05) is 40.2 Å². The highest BCUT2D eigenvalue weighted by Gasteiger charge is 2.13. The van der Waals surface area contributed by atoms with Gasteiger partial charge in [0, 0.05) is 10.0 Å². The van der Waals surface area contributed by atoms with Gasteiger partial charge in [-0.15, -0.1) is 0 Å². The predicted octanol–water partition coefficient (Wildman–Crippen LogP) is 3.95. The van der Waals surface area contributed by atoms with Crippen LogP contribution in [-0.2, 0) is 4.79 Å². The Morgan fingerprint density at radius 2 is 1.71 bits per heavy atom. The number of hydrogen-bond donors (Lipinski definition) is 2. The average Bonchev–Trinajstić information content (AvgIpc) is 2.84. The second kappa shape index (κ2) is 12.3. The first-order valence-corrected chi connectivity index (χ1v) is 11.2. The van der Waals surface area contributed by atoms with Gasteiger partial charge < -0.3 is 14.8 Å². The smallest absolute Gasteiger partial charge is 0.343 e. The topological polar surface area (TPSA) is 106 Å². The number of halogens is 1. The molecule has 0 heterocycles. The van der Waals surface area contributed by atoms with Gasteiger partial charge in [0.25, 0.3) is 11.8 Å². The summed E-state index contributed by atoms with van der Waals surface area (Å²) in [5.74, 6) is -0.726. The molecule has 34 heavy (non-hydrogen) atoms. The van der Waals surface area contributed by atoms with Crippen molar-refractivity contribution in [1.29, 1.82) is 0 Å². The molecule has 174 valence electrons. The van der Waals surface area contributed by atoms with E-state index in [4.69, 9.17) is 9.47 Å². The molecular formula is C25H22BrN3O5. The Hall–Kier alpha value is -3.98. The zero-order valence-electron chi connectivity index (χ0n) is 18.3. The first kappa shape index (κ1) is 24.7. The Labute approximate surface area is 205 Å². The van der Waals surface area contributed by atoms with E-state index >= 15 is 0 Å². The number of nitrogens with one attached hydrogen (secondary N) is 2. The van der Waals surface area contributed by atoms with Gasteiger partial charge in [-0.05, 0) is 61.0 Å². The van der Waals surface area contributed by atoms with Gasteiger partial charge in [0.15, 0.2) is 11.5 Å². The van der Waals surface area contributed by atoms with E-state index in [0.717, 1.165) is 4.47 Å². The number of hydrogen-bond acceptors (Lipinski definition) is 6. The summed E-state index contributed by atoms with van der Waals surface area (Å²) >= 11 is 3.30. The van der Waals surface area contributed by atoms with Crippen molar-refractivity contribution in [1.82, 2.24) is 10.7 Å². The SMILES string of the molecule is CCOc1cc(/C=N\NC(=O)CNC(=O)c2cccc(Br)c2)ccc1OC(=O)c1ccccc1. The molecule has 0 atom stereocenters. The summed E-state index contributed by atoms with van der Waals surface area (Å²) in [5, 5.41) is 6.42. The first-order valence-electron chi connectivity index (χ1n) is 10.4. The molecule has 3 aromatic rings. The highest BCUT2D eigenvalue weighted by atomic mass is 79.9. The van der Waals surface area contributed by atoms with E-state index < -0.39 is 11.9 Å². The lowest BCUT2D eigenvalue weighted by atomic mass is 10.2. The number of rotatable bonds is 9. The molecule has 0 aliphatic rings. The maximum atomic E-state index is 12.3. The van der Waals surface area contributed by atoms with Crippen LogP contribution in [0.2, 0.25) is 0 Å². The number of esters is 1. The minimum absolute atomic E-state index is 0.235. The standard InChI is InChI=1S/C25H22BrN3O5/c1-2-33-22-13-17(11-12-21(22)34-25(32)18-7-4-3-5-8-18)15-28-29-23(30)16-27-24(31)19-9-6-10-20(26)14-19/h3-15H,2,16H2,1H3,(H,27,31)(H,29,30)/b28-15-. The summed E-state index contributed by atoms with van der Waals surface area (Å²) in [6.45, 7) is 1.94. The average molecular weight is 524 g/mol.